The van der Waals surface area contributed by atoms with Crippen LogP contribution in [0.5, 0.6) is 0 Å². The Balaban J connectivity index is 1.92. The molecule has 0 amide bonds. The van der Waals surface area contributed by atoms with Crippen LogP contribution in [0.4, 0.5) is 5.69 Å². The second-order valence-corrected chi connectivity index (χ2v) is 6.28. The van der Waals surface area contributed by atoms with E-state index in [1.54, 1.807) is 0 Å². The van der Waals surface area contributed by atoms with Gasteiger partial charge in [0.1, 0.15) is 11.3 Å². The summed E-state index contributed by atoms with van der Waals surface area (Å²) in [6.07, 6.45) is 0. The number of fused-ring (bicyclic) bond motifs is 1. The van der Waals surface area contributed by atoms with Crippen LogP contribution in [-0.4, -0.2) is 0 Å². The molecule has 3 aromatic rings. The third-order valence-electron chi connectivity index (χ3n) is 3.77. The fourth-order valence-electron chi connectivity index (χ4n) is 2.76. The van der Waals surface area contributed by atoms with Crippen LogP contribution in [0.15, 0.2) is 45.3 Å². The topological polar surface area (TPSA) is 25.2 Å². The van der Waals surface area contributed by atoms with E-state index in [2.05, 4.69) is 53.3 Å². The Bertz CT molecular complexity index is 781. The molecule has 2 aromatic carbocycles. The van der Waals surface area contributed by atoms with E-state index >= 15 is 0 Å². The highest BCUT2D eigenvalue weighted by atomic mass is 79.9. The fourth-order valence-corrected chi connectivity index (χ4v) is 3.57. The molecule has 0 aliphatic carbocycles. The number of aryl methyl sites for hydroxylation is 3. The summed E-state index contributed by atoms with van der Waals surface area (Å²) >= 11 is 3.64. The van der Waals surface area contributed by atoms with Gasteiger partial charge in [-0.15, -0.1) is 0 Å². The van der Waals surface area contributed by atoms with Crippen LogP contribution < -0.4 is 5.32 Å². The molecule has 0 fully saturated rings. The van der Waals surface area contributed by atoms with Gasteiger partial charge in [-0.25, -0.2) is 0 Å². The summed E-state index contributed by atoms with van der Waals surface area (Å²) in [5, 5.41) is 4.72. The lowest BCUT2D eigenvalue weighted by Gasteiger charge is -2.12. The number of hydrogen-bond acceptors (Lipinski definition) is 2. The molecule has 1 heterocycles. The molecule has 2 nitrogen and oxygen atoms in total. The van der Waals surface area contributed by atoms with Crippen LogP contribution in [0.2, 0.25) is 0 Å². The molecule has 0 saturated carbocycles. The lowest BCUT2D eigenvalue weighted by atomic mass is 10.1. The van der Waals surface area contributed by atoms with E-state index in [-0.39, 0.29) is 0 Å². The van der Waals surface area contributed by atoms with Crippen molar-refractivity contribution >= 4 is 32.6 Å². The van der Waals surface area contributed by atoms with Crippen molar-refractivity contribution in [2.45, 2.75) is 27.3 Å². The Morgan fingerprint density at radius 3 is 2.62 bits per heavy atom. The van der Waals surface area contributed by atoms with Gasteiger partial charge in [0, 0.05) is 22.0 Å². The molecule has 21 heavy (non-hydrogen) atoms. The van der Waals surface area contributed by atoms with E-state index in [1.165, 1.54) is 22.1 Å². The van der Waals surface area contributed by atoms with Crippen molar-refractivity contribution < 1.29 is 4.42 Å². The average molecular weight is 344 g/mol. The second-order valence-electron chi connectivity index (χ2n) is 5.43. The predicted octanol–water partition coefficient (Wildman–Crippen LogP) is 5.73. The van der Waals surface area contributed by atoms with E-state index in [9.17, 15) is 0 Å². The number of nitrogens with one attached hydrogen (secondary N) is 1. The van der Waals surface area contributed by atoms with Crippen molar-refractivity contribution in [3.8, 4) is 0 Å². The average Bonchev–Trinajstić information content (AvgIpc) is 2.73. The van der Waals surface area contributed by atoms with Crippen LogP contribution >= 0.6 is 15.9 Å². The van der Waals surface area contributed by atoms with Crippen molar-refractivity contribution in [3.63, 3.8) is 0 Å². The molecule has 108 valence electrons. The number of anilines is 1. The molecule has 0 bridgehead atoms. The first-order valence-corrected chi connectivity index (χ1v) is 7.83. The van der Waals surface area contributed by atoms with Gasteiger partial charge >= 0.3 is 0 Å². The highest BCUT2D eigenvalue weighted by Gasteiger charge is 2.11. The number of benzene rings is 2. The number of para-hydroxylation sites is 1. The smallest absolute Gasteiger partial charge is 0.134 e. The Morgan fingerprint density at radius 1 is 1.10 bits per heavy atom. The Hall–Kier alpha value is -1.74. The monoisotopic (exact) mass is 343 g/mol. The van der Waals surface area contributed by atoms with Crippen molar-refractivity contribution in [1.29, 1.82) is 0 Å². The zero-order chi connectivity index (χ0) is 15.0. The zero-order valence-electron chi connectivity index (χ0n) is 12.5. The normalized spacial score (nSPS) is 11.0. The van der Waals surface area contributed by atoms with Crippen molar-refractivity contribution in [2.75, 3.05) is 5.32 Å². The zero-order valence-corrected chi connectivity index (χ0v) is 14.0. The van der Waals surface area contributed by atoms with Gasteiger partial charge < -0.3 is 9.73 Å². The Kier molecular flexibility index (Phi) is 3.77. The first-order chi connectivity index (χ1) is 10.1. The van der Waals surface area contributed by atoms with Crippen molar-refractivity contribution in [2.24, 2.45) is 0 Å². The molecule has 1 N–H and O–H groups in total. The molecule has 0 atom stereocenters. The van der Waals surface area contributed by atoms with E-state index in [0.717, 1.165) is 28.0 Å². The van der Waals surface area contributed by atoms with Gasteiger partial charge in [0.05, 0.1) is 5.69 Å². The van der Waals surface area contributed by atoms with E-state index in [4.69, 9.17) is 4.42 Å². The van der Waals surface area contributed by atoms with Crippen LogP contribution in [0.25, 0.3) is 11.0 Å². The first kappa shape index (κ1) is 14.2. The van der Waals surface area contributed by atoms with Gasteiger partial charge in [0.2, 0.25) is 0 Å². The quantitative estimate of drug-likeness (QED) is 0.656. The molecule has 0 unspecified atom stereocenters. The lowest BCUT2D eigenvalue weighted by molar-refractivity contribution is 0.573. The molecule has 0 saturated heterocycles. The van der Waals surface area contributed by atoms with Gasteiger partial charge in [-0.2, -0.15) is 0 Å². The summed E-state index contributed by atoms with van der Waals surface area (Å²) in [7, 11) is 0. The van der Waals surface area contributed by atoms with Crippen LogP contribution in [0, 0.1) is 20.8 Å². The SMILES string of the molecule is Cc1cc(C)c(NCc2c(C)oc3ccccc23)c(Br)c1. The fraction of sp³-hybridized carbons (Fsp3) is 0.222. The van der Waals surface area contributed by atoms with Gasteiger partial charge in [0.15, 0.2) is 0 Å². The third kappa shape index (κ3) is 2.70. The number of halogens is 1. The minimum Gasteiger partial charge on any atom is -0.461 e. The molecule has 0 aliphatic heterocycles. The molecule has 0 radical (unpaired) electrons. The molecule has 3 rings (SSSR count). The first-order valence-electron chi connectivity index (χ1n) is 7.04. The highest BCUT2D eigenvalue weighted by Crippen LogP contribution is 2.30. The minimum absolute atomic E-state index is 0.755. The maximum atomic E-state index is 5.82. The minimum atomic E-state index is 0.755. The Morgan fingerprint density at radius 2 is 1.86 bits per heavy atom. The van der Waals surface area contributed by atoms with Crippen LogP contribution in [0.3, 0.4) is 0 Å². The number of furan rings is 1. The predicted molar refractivity (Wildman–Crippen MR) is 91.9 cm³/mol. The lowest BCUT2D eigenvalue weighted by Crippen LogP contribution is -2.03. The third-order valence-corrected chi connectivity index (χ3v) is 4.40. The maximum absolute atomic E-state index is 5.82. The van der Waals surface area contributed by atoms with Crippen molar-refractivity contribution in [3.05, 3.63) is 63.3 Å². The molecule has 0 aliphatic rings. The summed E-state index contributed by atoms with van der Waals surface area (Å²) < 4.78 is 6.92. The Labute approximate surface area is 133 Å². The molecule has 3 heteroatoms. The van der Waals surface area contributed by atoms with Gasteiger partial charge in [-0.1, -0.05) is 24.3 Å². The van der Waals surface area contributed by atoms with E-state index in [1.807, 2.05) is 25.1 Å². The molecule has 1 aromatic heterocycles. The summed E-state index contributed by atoms with van der Waals surface area (Å²) in [6.45, 7) is 7.01. The van der Waals surface area contributed by atoms with Crippen molar-refractivity contribution in [1.82, 2.24) is 0 Å². The number of rotatable bonds is 3. The number of hydrogen-bond donors (Lipinski definition) is 1. The standard InChI is InChI=1S/C18H18BrNO/c1-11-8-12(2)18(16(19)9-11)20-10-15-13(3)21-17-7-5-4-6-14(15)17/h4-9,20H,10H2,1-3H3. The van der Waals surface area contributed by atoms with E-state index < -0.39 is 0 Å². The molecule has 0 spiro atoms. The van der Waals surface area contributed by atoms with Gasteiger partial charge in [-0.3, -0.25) is 0 Å². The second kappa shape index (κ2) is 5.57. The van der Waals surface area contributed by atoms with Gasteiger partial charge in [-0.05, 0) is 60.0 Å². The highest BCUT2D eigenvalue weighted by molar-refractivity contribution is 9.10. The van der Waals surface area contributed by atoms with E-state index in [0.29, 0.717) is 0 Å². The van der Waals surface area contributed by atoms with Gasteiger partial charge in [0.25, 0.3) is 0 Å². The molecular formula is C18H18BrNO. The largest absolute Gasteiger partial charge is 0.461 e. The summed E-state index contributed by atoms with van der Waals surface area (Å²) in [4.78, 5) is 0. The van der Waals surface area contributed by atoms with Crippen LogP contribution in [-0.2, 0) is 6.54 Å². The summed E-state index contributed by atoms with van der Waals surface area (Å²) in [6, 6.07) is 12.5. The van der Waals surface area contributed by atoms with Crippen LogP contribution in [0.1, 0.15) is 22.5 Å². The summed E-state index contributed by atoms with van der Waals surface area (Å²) in [5.74, 6) is 0.976. The summed E-state index contributed by atoms with van der Waals surface area (Å²) in [5.41, 5.74) is 5.82. The maximum Gasteiger partial charge on any atom is 0.134 e. The molecular weight excluding hydrogens is 326 g/mol.